The number of hydrogen-bond acceptors (Lipinski definition) is 4. The molecule has 0 aliphatic rings. The van der Waals surface area contributed by atoms with E-state index in [-0.39, 0.29) is 0 Å². The van der Waals surface area contributed by atoms with Gasteiger partial charge >= 0.3 is 5.92 Å². The van der Waals surface area contributed by atoms with E-state index in [9.17, 15) is 27.9 Å². The number of ketones is 1. The lowest BCUT2D eigenvalue weighted by Gasteiger charge is -2.30. The van der Waals surface area contributed by atoms with E-state index in [0.29, 0.717) is 6.42 Å². The molecule has 1 unspecified atom stereocenters. The van der Waals surface area contributed by atoms with Gasteiger partial charge in [0.15, 0.2) is 0 Å². The van der Waals surface area contributed by atoms with E-state index in [1.165, 1.54) is 6.92 Å². The molecule has 0 rings (SSSR count). The molecule has 0 aromatic heterocycles. The van der Waals surface area contributed by atoms with Gasteiger partial charge in [0.1, 0.15) is 0 Å². The second kappa shape index (κ2) is 5.14. The first-order chi connectivity index (χ1) is 6.58. The highest BCUT2D eigenvalue weighted by Crippen LogP contribution is 2.31. The van der Waals surface area contributed by atoms with Gasteiger partial charge in [0, 0.05) is 12.6 Å². The number of carbonyl (C=O) groups is 1. The second-order valence-electron chi connectivity index (χ2n) is 3.61. The molecule has 0 aromatic rings. The summed E-state index contributed by atoms with van der Waals surface area (Å²) < 4.78 is 36.2. The van der Waals surface area contributed by atoms with Crippen LogP contribution < -0.4 is 9.79 Å². The van der Waals surface area contributed by atoms with Gasteiger partial charge in [0.05, 0.1) is 0 Å². The van der Waals surface area contributed by atoms with Crippen molar-refractivity contribution in [1.29, 1.82) is 0 Å². The van der Waals surface area contributed by atoms with E-state index in [0.717, 1.165) is 0 Å². The van der Waals surface area contributed by atoms with Crippen LogP contribution in [-0.4, -0.2) is 17.9 Å². The summed E-state index contributed by atoms with van der Waals surface area (Å²) in [7, 11) is -5.20. The molecule has 0 aromatic carbocycles. The highest BCUT2D eigenvalue weighted by Gasteiger charge is 2.39. The van der Waals surface area contributed by atoms with E-state index in [1.54, 1.807) is 6.92 Å². The molecule has 1 atom stereocenters. The summed E-state index contributed by atoms with van der Waals surface area (Å²) in [4.78, 5) is 31.1. The molecule has 15 heavy (non-hydrogen) atoms. The van der Waals surface area contributed by atoms with Gasteiger partial charge in [-0.1, -0.05) is 27.9 Å². The normalized spacial score (nSPS) is 15.1. The average Bonchev–Trinajstić information content (AvgIpc) is 2.00. The van der Waals surface area contributed by atoms with E-state index in [4.69, 9.17) is 0 Å². The van der Waals surface area contributed by atoms with Gasteiger partial charge in [-0.15, -0.1) is 0 Å². The molecule has 0 saturated heterocycles. The molecule has 90 valence electrons. The first kappa shape index (κ1) is 14.7. The zero-order valence-electron chi connectivity index (χ0n) is 8.53. The van der Waals surface area contributed by atoms with Crippen LogP contribution in [0.5, 0.6) is 0 Å². The Hall–Kier alpha value is -0.320. The fourth-order valence-electron chi connectivity index (χ4n) is 0.987. The van der Waals surface area contributed by atoms with Crippen LogP contribution in [0.4, 0.5) is 8.78 Å². The van der Waals surface area contributed by atoms with Crippen LogP contribution in [0.25, 0.3) is 0 Å². The first-order valence-electron chi connectivity index (χ1n) is 4.50. The third kappa shape index (κ3) is 5.97. The standard InChI is InChI=1S/C8H15F2O4P/c1-3-6(2)4-8(9,10)7(11)5-15(12,13)14/h6H,3-5H2,1-2H3,(H2,12,13,14)/p-2. The lowest BCUT2D eigenvalue weighted by atomic mass is 9.98. The Bertz CT molecular complexity index is 274. The zero-order chi connectivity index (χ0) is 12.3. The monoisotopic (exact) mass is 242 g/mol. The molecular weight excluding hydrogens is 229 g/mol. The molecule has 0 saturated carbocycles. The summed E-state index contributed by atoms with van der Waals surface area (Å²) in [6.07, 6.45) is -1.88. The molecule has 0 N–H and O–H groups in total. The smallest absolute Gasteiger partial charge is 0.305 e. The lowest BCUT2D eigenvalue weighted by molar-refractivity contribution is -0.313. The van der Waals surface area contributed by atoms with E-state index in [1.807, 2.05) is 0 Å². The van der Waals surface area contributed by atoms with Crippen LogP contribution in [0.3, 0.4) is 0 Å². The Kier molecular flexibility index (Phi) is 5.03. The maximum atomic E-state index is 13.0. The molecule has 0 spiro atoms. The molecule has 4 nitrogen and oxygen atoms in total. The molecule has 0 amide bonds. The Morgan fingerprint density at radius 3 is 2.27 bits per heavy atom. The SMILES string of the molecule is CCC(C)CC(F)(F)C(=O)CP(=O)([O-])[O-]. The molecular formula is C8H13F2O4P-2. The minimum Gasteiger partial charge on any atom is -0.810 e. The Morgan fingerprint density at radius 1 is 1.47 bits per heavy atom. The number of alkyl halides is 2. The van der Waals surface area contributed by atoms with Crippen LogP contribution in [0.2, 0.25) is 0 Å². The third-order valence-electron chi connectivity index (χ3n) is 2.05. The van der Waals surface area contributed by atoms with Crippen LogP contribution in [0, 0.1) is 5.92 Å². The maximum Gasteiger partial charge on any atom is 0.305 e. The minimum atomic E-state index is -5.20. The van der Waals surface area contributed by atoms with E-state index >= 15 is 0 Å². The summed E-state index contributed by atoms with van der Waals surface area (Å²) in [6, 6.07) is 0. The van der Waals surface area contributed by atoms with Gasteiger partial charge in [-0.25, -0.2) is 0 Å². The van der Waals surface area contributed by atoms with Crippen molar-refractivity contribution in [3.05, 3.63) is 0 Å². The summed E-state index contributed by atoms with van der Waals surface area (Å²) in [5.41, 5.74) is 0. The topological polar surface area (TPSA) is 80.3 Å². The van der Waals surface area contributed by atoms with Crippen LogP contribution in [-0.2, 0) is 9.36 Å². The Labute approximate surface area is 86.8 Å². The average molecular weight is 242 g/mol. The molecule has 0 aliphatic heterocycles. The minimum absolute atomic E-state index is 0.401. The van der Waals surface area contributed by atoms with Crippen LogP contribution in [0.1, 0.15) is 26.7 Å². The third-order valence-corrected chi connectivity index (χ3v) is 2.72. The van der Waals surface area contributed by atoms with Crippen molar-refractivity contribution in [3.63, 3.8) is 0 Å². The van der Waals surface area contributed by atoms with E-state index < -0.39 is 37.8 Å². The van der Waals surface area contributed by atoms with Gasteiger partial charge in [0.25, 0.3) is 0 Å². The Balaban J connectivity index is 4.46. The zero-order valence-corrected chi connectivity index (χ0v) is 9.43. The number of hydrogen-bond donors (Lipinski definition) is 0. The fourth-order valence-corrected chi connectivity index (χ4v) is 1.57. The van der Waals surface area contributed by atoms with Gasteiger partial charge in [0.2, 0.25) is 5.78 Å². The number of Topliss-reactive ketones (excluding diaryl/α,β-unsaturated/α-hetero) is 1. The molecule has 0 fully saturated rings. The van der Waals surface area contributed by atoms with E-state index in [2.05, 4.69) is 0 Å². The quantitative estimate of drug-likeness (QED) is 0.636. The highest BCUT2D eigenvalue weighted by molar-refractivity contribution is 7.49. The largest absolute Gasteiger partial charge is 0.810 e. The molecule has 0 radical (unpaired) electrons. The van der Waals surface area contributed by atoms with Crippen LogP contribution >= 0.6 is 7.60 Å². The van der Waals surface area contributed by atoms with Crippen molar-refractivity contribution in [3.8, 4) is 0 Å². The van der Waals surface area contributed by atoms with Crippen molar-refractivity contribution in [2.24, 2.45) is 5.92 Å². The second-order valence-corrected chi connectivity index (χ2v) is 5.15. The number of rotatable bonds is 6. The summed E-state index contributed by atoms with van der Waals surface area (Å²) in [6.45, 7) is 3.20. The predicted octanol–water partition coefficient (Wildman–Crippen LogP) is 0.541. The molecule has 0 bridgehead atoms. The van der Waals surface area contributed by atoms with Crippen molar-refractivity contribution in [1.82, 2.24) is 0 Å². The highest BCUT2D eigenvalue weighted by atomic mass is 31.2. The fraction of sp³-hybridized carbons (Fsp3) is 0.875. The predicted molar refractivity (Wildman–Crippen MR) is 46.5 cm³/mol. The summed E-state index contributed by atoms with van der Waals surface area (Å²) in [5.74, 6) is -5.93. The van der Waals surface area contributed by atoms with Gasteiger partial charge in [-0.2, -0.15) is 8.78 Å². The van der Waals surface area contributed by atoms with Gasteiger partial charge in [-0.3, -0.25) is 4.79 Å². The van der Waals surface area contributed by atoms with Crippen LogP contribution in [0.15, 0.2) is 0 Å². The summed E-state index contributed by atoms with van der Waals surface area (Å²) in [5, 5.41) is 0. The number of carbonyl (C=O) groups excluding carboxylic acids is 1. The van der Waals surface area contributed by atoms with Crippen molar-refractivity contribution in [2.75, 3.05) is 6.16 Å². The van der Waals surface area contributed by atoms with Crippen molar-refractivity contribution >= 4 is 13.4 Å². The molecule has 0 aliphatic carbocycles. The van der Waals surface area contributed by atoms with Gasteiger partial charge in [-0.05, 0) is 5.92 Å². The Morgan fingerprint density at radius 2 is 1.93 bits per heavy atom. The lowest BCUT2D eigenvalue weighted by Crippen LogP contribution is -2.36. The van der Waals surface area contributed by atoms with Gasteiger partial charge < -0.3 is 14.4 Å². The number of halogens is 2. The van der Waals surface area contributed by atoms with Crippen molar-refractivity contribution < 1.29 is 27.9 Å². The molecule has 7 heteroatoms. The molecule has 0 heterocycles. The first-order valence-corrected chi connectivity index (χ1v) is 6.23. The van der Waals surface area contributed by atoms with Crippen molar-refractivity contribution in [2.45, 2.75) is 32.6 Å². The summed E-state index contributed by atoms with van der Waals surface area (Å²) >= 11 is 0. The maximum absolute atomic E-state index is 13.0.